The van der Waals surface area contributed by atoms with E-state index in [0.29, 0.717) is 0 Å². The van der Waals surface area contributed by atoms with Crippen LogP contribution in [0.3, 0.4) is 0 Å². The summed E-state index contributed by atoms with van der Waals surface area (Å²) in [5, 5.41) is 2.83. The number of halogens is 2. The van der Waals surface area contributed by atoms with Crippen LogP contribution >= 0.6 is 0 Å². The second-order valence-electron chi connectivity index (χ2n) is 7.93. The number of carbonyl (C=O) groups is 2. The van der Waals surface area contributed by atoms with Crippen LogP contribution in [0, 0.1) is 6.92 Å². The summed E-state index contributed by atoms with van der Waals surface area (Å²) in [5.74, 6) is -0.144. The number of likely N-dealkylation sites (tertiary alicyclic amines) is 1. The topological polar surface area (TPSA) is 61.9 Å². The van der Waals surface area contributed by atoms with Gasteiger partial charge in [0.25, 0.3) is 0 Å². The highest BCUT2D eigenvalue weighted by molar-refractivity contribution is 5.86. The van der Waals surface area contributed by atoms with E-state index in [1.165, 1.54) is 12.1 Å². The van der Waals surface area contributed by atoms with Gasteiger partial charge in [0.2, 0.25) is 11.8 Å². The van der Waals surface area contributed by atoms with E-state index in [4.69, 9.17) is 0 Å². The van der Waals surface area contributed by atoms with Gasteiger partial charge in [0.15, 0.2) is 0 Å². The highest BCUT2D eigenvalue weighted by Crippen LogP contribution is 2.17. The predicted octanol–water partition coefficient (Wildman–Crippen LogP) is 3.73. The number of ether oxygens (including phenoxy) is 1. The SMILES string of the molecule is Cc1ccc(N(CC(=O)NCc2ccc(OC(F)F)cc2)CC(=O)N2CCCCC2)cc1. The Morgan fingerprint density at radius 2 is 1.66 bits per heavy atom. The summed E-state index contributed by atoms with van der Waals surface area (Å²) in [4.78, 5) is 29.1. The molecule has 1 heterocycles. The summed E-state index contributed by atoms with van der Waals surface area (Å²) < 4.78 is 28.8. The minimum absolute atomic E-state index is 0.0210. The lowest BCUT2D eigenvalue weighted by atomic mass is 10.1. The number of hydrogen-bond acceptors (Lipinski definition) is 4. The smallest absolute Gasteiger partial charge is 0.387 e. The maximum absolute atomic E-state index is 12.8. The number of hydrogen-bond donors (Lipinski definition) is 1. The first-order valence-electron chi connectivity index (χ1n) is 10.8. The van der Waals surface area contributed by atoms with Crippen molar-refractivity contribution in [2.75, 3.05) is 31.1 Å². The van der Waals surface area contributed by atoms with Crippen LogP contribution in [-0.2, 0) is 16.1 Å². The van der Waals surface area contributed by atoms with Gasteiger partial charge < -0.3 is 19.9 Å². The van der Waals surface area contributed by atoms with Gasteiger partial charge in [-0.25, -0.2) is 0 Å². The molecule has 8 heteroatoms. The largest absolute Gasteiger partial charge is 0.435 e. The maximum Gasteiger partial charge on any atom is 0.387 e. The zero-order valence-corrected chi connectivity index (χ0v) is 18.2. The second kappa shape index (κ2) is 11.5. The number of piperidine rings is 1. The standard InChI is InChI=1S/C24H29F2N3O3/c1-18-5-9-20(10-6-18)29(17-23(31)28-13-3-2-4-14-28)16-22(30)27-15-19-7-11-21(12-8-19)32-24(25)26/h5-12,24H,2-4,13-17H2,1H3,(H,27,30). The number of anilines is 1. The molecule has 0 atom stereocenters. The van der Waals surface area contributed by atoms with E-state index in [2.05, 4.69) is 10.1 Å². The van der Waals surface area contributed by atoms with Crippen LogP contribution in [0.25, 0.3) is 0 Å². The van der Waals surface area contributed by atoms with Crippen molar-refractivity contribution >= 4 is 17.5 Å². The molecule has 1 saturated heterocycles. The van der Waals surface area contributed by atoms with Gasteiger partial charge in [-0.1, -0.05) is 29.8 Å². The fourth-order valence-corrected chi connectivity index (χ4v) is 3.62. The number of rotatable bonds is 9. The first kappa shape index (κ1) is 23.5. The van der Waals surface area contributed by atoms with Crippen LogP contribution in [0.5, 0.6) is 5.75 Å². The highest BCUT2D eigenvalue weighted by atomic mass is 19.3. The molecule has 0 spiro atoms. The van der Waals surface area contributed by atoms with Crippen molar-refractivity contribution in [3.8, 4) is 5.75 Å². The summed E-state index contributed by atoms with van der Waals surface area (Å²) in [6.45, 7) is 1.05. The van der Waals surface area contributed by atoms with Gasteiger partial charge in [-0.2, -0.15) is 8.78 Å². The van der Waals surface area contributed by atoms with E-state index in [9.17, 15) is 18.4 Å². The average molecular weight is 446 g/mol. The molecule has 1 fully saturated rings. The summed E-state index contributed by atoms with van der Waals surface area (Å²) in [6.07, 6.45) is 3.17. The maximum atomic E-state index is 12.8. The summed E-state index contributed by atoms with van der Waals surface area (Å²) in [7, 11) is 0. The molecule has 0 aromatic heterocycles. The Bertz CT molecular complexity index is 882. The molecule has 32 heavy (non-hydrogen) atoms. The zero-order valence-electron chi connectivity index (χ0n) is 18.2. The molecule has 0 bridgehead atoms. The molecule has 2 amide bonds. The number of carbonyl (C=O) groups excluding carboxylic acids is 2. The fraction of sp³-hybridized carbons (Fsp3) is 0.417. The number of nitrogens with zero attached hydrogens (tertiary/aromatic N) is 2. The second-order valence-corrected chi connectivity index (χ2v) is 7.93. The fourth-order valence-electron chi connectivity index (χ4n) is 3.62. The predicted molar refractivity (Wildman–Crippen MR) is 119 cm³/mol. The van der Waals surface area contributed by atoms with Crippen molar-refractivity contribution in [2.45, 2.75) is 39.3 Å². The van der Waals surface area contributed by atoms with Gasteiger partial charge >= 0.3 is 6.61 Å². The molecule has 1 aliphatic heterocycles. The van der Waals surface area contributed by atoms with Crippen molar-refractivity contribution in [1.29, 1.82) is 0 Å². The van der Waals surface area contributed by atoms with Crippen molar-refractivity contribution in [3.63, 3.8) is 0 Å². The molecule has 0 unspecified atom stereocenters. The van der Waals surface area contributed by atoms with E-state index in [0.717, 1.165) is 49.2 Å². The van der Waals surface area contributed by atoms with Gasteiger partial charge in [-0.15, -0.1) is 0 Å². The first-order valence-corrected chi connectivity index (χ1v) is 10.8. The van der Waals surface area contributed by atoms with Gasteiger partial charge in [-0.3, -0.25) is 9.59 Å². The van der Waals surface area contributed by atoms with Gasteiger partial charge in [0.1, 0.15) is 5.75 Å². The average Bonchev–Trinajstić information content (AvgIpc) is 2.79. The minimum Gasteiger partial charge on any atom is -0.435 e. The number of aryl methyl sites for hydroxylation is 1. The van der Waals surface area contributed by atoms with E-state index in [-0.39, 0.29) is 37.2 Å². The molecular weight excluding hydrogens is 416 g/mol. The quantitative estimate of drug-likeness (QED) is 0.639. The van der Waals surface area contributed by atoms with Crippen LogP contribution in [0.2, 0.25) is 0 Å². The Labute approximate surface area is 187 Å². The molecule has 6 nitrogen and oxygen atoms in total. The van der Waals surface area contributed by atoms with Gasteiger partial charge in [-0.05, 0) is 56.0 Å². The number of amides is 2. The molecule has 1 aliphatic rings. The monoisotopic (exact) mass is 445 g/mol. The number of nitrogens with one attached hydrogen (secondary N) is 1. The Morgan fingerprint density at radius 3 is 2.28 bits per heavy atom. The van der Waals surface area contributed by atoms with Crippen LogP contribution in [0.15, 0.2) is 48.5 Å². The van der Waals surface area contributed by atoms with E-state index < -0.39 is 6.61 Å². The first-order chi connectivity index (χ1) is 15.4. The number of benzene rings is 2. The Balaban J connectivity index is 1.59. The molecule has 2 aromatic rings. The summed E-state index contributed by atoms with van der Waals surface area (Å²) >= 11 is 0. The molecule has 3 rings (SSSR count). The lowest BCUT2D eigenvalue weighted by Gasteiger charge is -2.30. The van der Waals surface area contributed by atoms with Crippen LogP contribution < -0.4 is 15.0 Å². The lowest BCUT2D eigenvalue weighted by molar-refractivity contribution is -0.130. The molecule has 1 N–H and O–H groups in total. The third-order valence-corrected chi connectivity index (χ3v) is 5.41. The summed E-state index contributed by atoms with van der Waals surface area (Å²) in [5.41, 5.74) is 2.66. The Hall–Kier alpha value is -3.16. The van der Waals surface area contributed by atoms with E-state index in [1.54, 1.807) is 17.0 Å². The molecule has 0 aliphatic carbocycles. The molecule has 172 valence electrons. The van der Waals surface area contributed by atoms with Crippen LogP contribution in [-0.4, -0.2) is 49.5 Å². The summed E-state index contributed by atoms with van der Waals surface area (Å²) in [6, 6.07) is 13.8. The third-order valence-electron chi connectivity index (χ3n) is 5.41. The van der Waals surface area contributed by atoms with Crippen molar-refractivity contribution in [3.05, 3.63) is 59.7 Å². The Kier molecular flexibility index (Phi) is 8.41. The minimum atomic E-state index is -2.87. The lowest BCUT2D eigenvalue weighted by Crippen LogP contribution is -2.45. The van der Waals surface area contributed by atoms with Crippen molar-refractivity contribution in [2.24, 2.45) is 0 Å². The van der Waals surface area contributed by atoms with Crippen molar-refractivity contribution in [1.82, 2.24) is 10.2 Å². The molecular formula is C24H29F2N3O3. The van der Waals surface area contributed by atoms with Crippen LogP contribution in [0.4, 0.5) is 14.5 Å². The molecule has 0 saturated carbocycles. The van der Waals surface area contributed by atoms with Gasteiger partial charge in [0.05, 0.1) is 13.1 Å². The van der Waals surface area contributed by atoms with E-state index in [1.807, 2.05) is 36.1 Å². The van der Waals surface area contributed by atoms with Gasteiger partial charge in [0, 0.05) is 25.3 Å². The van der Waals surface area contributed by atoms with E-state index >= 15 is 0 Å². The van der Waals surface area contributed by atoms with Crippen molar-refractivity contribution < 1.29 is 23.1 Å². The van der Waals surface area contributed by atoms with Crippen LogP contribution in [0.1, 0.15) is 30.4 Å². The highest BCUT2D eigenvalue weighted by Gasteiger charge is 2.21. The molecule has 0 radical (unpaired) electrons. The third kappa shape index (κ3) is 7.21. The normalized spacial score (nSPS) is 13.7. The number of alkyl halides is 2. The zero-order chi connectivity index (χ0) is 22.9. The molecule has 2 aromatic carbocycles. The Morgan fingerprint density at radius 1 is 1.00 bits per heavy atom.